The molecule has 0 spiro atoms. The Morgan fingerprint density at radius 1 is 1.28 bits per heavy atom. The summed E-state index contributed by atoms with van der Waals surface area (Å²) < 4.78 is 6.81. The topological polar surface area (TPSA) is 90.4 Å². The lowest BCUT2D eigenvalue weighted by Crippen LogP contribution is -2.32. The first-order chi connectivity index (χ1) is 12.0. The standard InChI is InChI=1S/C18H22N4O3/c1-21-9-13(8-20-21)15-10-22(11-16(15)18(19)24)17(23)7-12-3-5-14(25-2)6-4-12/h3-6,8-9,15-16H,7,10-11H2,1-2H3,(H2,19,24)/t15-,16+/m1/s1. The van der Waals surface area contributed by atoms with Crippen molar-refractivity contribution >= 4 is 11.8 Å². The molecule has 2 aromatic rings. The Morgan fingerprint density at radius 3 is 2.56 bits per heavy atom. The predicted octanol–water partition coefficient (Wildman–Crippen LogP) is 0.699. The number of carbonyl (C=O) groups excluding carboxylic acids is 2. The van der Waals surface area contributed by atoms with E-state index in [9.17, 15) is 9.59 Å². The number of methoxy groups -OCH3 is 1. The van der Waals surface area contributed by atoms with Gasteiger partial charge in [0.2, 0.25) is 11.8 Å². The lowest BCUT2D eigenvalue weighted by atomic mass is 9.90. The number of rotatable bonds is 5. The number of nitrogens with zero attached hydrogens (tertiary/aromatic N) is 3. The molecule has 1 aromatic heterocycles. The van der Waals surface area contributed by atoms with Gasteiger partial charge in [0, 0.05) is 32.3 Å². The summed E-state index contributed by atoms with van der Waals surface area (Å²) in [5.74, 6) is -0.130. The lowest BCUT2D eigenvalue weighted by Gasteiger charge is -2.16. The van der Waals surface area contributed by atoms with E-state index < -0.39 is 0 Å². The average Bonchev–Trinajstić information content (AvgIpc) is 3.21. The monoisotopic (exact) mass is 342 g/mol. The highest BCUT2D eigenvalue weighted by molar-refractivity contribution is 5.83. The first-order valence-corrected chi connectivity index (χ1v) is 8.16. The summed E-state index contributed by atoms with van der Waals surface area (Å²) in [6.07, 6.45) is 3.89. The van der Waals surface area contributed by atoms with Crippen LogP contribution in [0.2, 0.25) is 0 Å². The number of hydrogen-bond acceptors (Lipinski definition) is 4. The fourth-order valence-corrected chi connectivity index (χ4v) is 3.29. The van der Waals surface area contributed by atoms with Crippen molar-refractivity contribution in [2.75, 3.05) is 20.2 Å². The number of carbonyl (C=O) groups is 2. The summed E-state index contributed by atoms with van der Waals surface area (Å²) in [6, 6.07) is 7.41. The zero-order valence-corrected chi connectivity index (χ0v) is 14.4. The first-order valence-electron chi connectivity index (χ1n) is 8.16. The molecule has 0 unspecified atom stereocenters. The molecule has 2 heterocycles. The number of primary amides is 1. The molecular formula is C18H22N4O3. The minimum atomic E-state index is -0.385. The molecule has 0 aliphatic carbocycles. The van der Waals surface area contributed by atoms with Crippen LogP contribution >= 0.6 is 0 Å². The van der Waals surface area contributed by atoms with Crippen LogP contribution in [0.15, 0.2) is 36.7 Å². The fourth-order valence-electron chi connectivity index (χ4n) is 3.29. The molecule has 2 atom stereocenters. The smallest absolute Gasteiger partial charge is 0.227 e. The van der Waals surface area contributed by atoms with Crippen molar-refractivity contribution in [2.45, 2.75) is 12.3 Å². The van der Waals surface area contributed by atoms with E-state index >= 15 is 0 Å². The number of likely N-dealkylation sites (tertiary alicyclic amines) is 1. The third-order valence-electron chi connectivity index (χ3n) is 4.71. The minimum absolute atomic E-state index is 0.0113. The van der Waals surface area contributed by atoms with E-state index in [0.29, 0.717) is 13.1 Å². The van der Waals surface area contributed by atoms with Gasteiger partial charge in [0.1, 0.15) is 5.75 Å². The highest BCUT2D eigenvalue weighted by Crippen LogP contribution is 2.32. The van der Waals surface area contributed by atoms with E-state index in [0.717, 1.165) is 16.9 Å². The molecule has 1 aliphatic rings. The van der Waals surface area contributed by atoms with Gasteiger partial charge in [0.15, 0.2) is 0 Å². The molecule has 1 saturated heterocycles. The third kappa shape index (κ3) is 3.65. The van der Waals surface area contributed by atoms with E-state index in [1.165, 1.54) is 0 Å². The van der Waals surface area contributed by atoms with Gasteiger partial charge in [0.25, 0.3) is 0 Å². The van der Waals surface area contributed by atoms with Gasteiger partial charge < -0.3 is 15.4 Å². The van der Waals surface area contributed by atoms with Gasteiger partial charge in [-0.05, 0) is 23.3 Å². The van der Waals surface area contributed by atoms with Gasteiger partial charge in [-0.25, -0.2) is 0 Å². The third-order valence-corrected chi connectivity index (χ3v) is 4.71. The quantitative estimate of drug-likeness (QED) is 0.866. The predicted molar refractivity (Wildman–Crippen MR) is 91.9 cm³/mol. The average molecular weight is 342 g/mol. The Bertz CT molecular complexity index is 769. The molecular weight excluding hydrogens is 320 g/mol. The van der Waals surface area contributed by atoms with Crippen LogP contribution in [0.25, 0.3) is 0 Å². The Morgan fingerprint density at radius 2 is 2.00 bits per heavy atom. The van der Waals surface area contributed by atoms with E-state index in [2.05, 4.69) is 5.10 Å². The zero-order valence-electron chi connectivity index (χ0n) is 14.4. The molecule has 7 nitrogen and oxygen atoms in total. The largest absolute Gasteiger partial charge is 0.497 e. The van der Waals surface area contributed by atoms with Gasteiger partial charge in [-0.15, -0.1) is 0 Å². The Balaban J connectivity index is 1.71. The van der Waals surface area contributed by atoms with Gasteiger partial charge in [-0.2, -0.15) is 5.10 Å². The van der Waals surface area contributed by atoms with Crippen molar-refractivity contribution in [3.8, 4) is 5.75 Å². The summed E-state index contributed by atoms with van der Waals surface area (Å²) in [5, 5.41) is 4.16. The van der Waals surface area contributed by atoms with E-state index in [4.69, 9.17) is 10.5 Å². The van der Waals surface area contributed by atoms with Crippen molar-refractivity contribution in [3.05, 3.63) is 47.8 Å². The second-order valence-corrected chi connectivity index (χ2v) is 6.39. The summed E-state index contributed by atoms with van der Waals surface area (Å²) in [6.45, 7) is 0.832. The number of aromatic nitrogens is 2. The first kappa shape index (κ1) is 17.0. The van der Waals surface area contributed by atoms with Crippen molar-refractivity contribution < 1.29 is 14.3 Å². The van der Waals surface area contributed by atoms with Gasteiger partial charge >= 0.3 is 0 Å². The molecule has 2 N–H and O–H groups in total. The Kier molecular flexibility index (Phi) is 4.74. The molecule has 1 fully saturated rings. The Hall–Kier alpha value is -2.83. The second-order valence-electron chi connectivity index (χ2n) is 6.39. The Labute approximate surface area is 146 Å². The molecule has 2 amide bonds. The molecule has 0 saturated carbocycles. The fraction of sp³-hybridized carbons (Fsp3) is 0.389. The number of nitrogens with two attached hydrogens (primary N) is 1. The maximum absolute atomic E-state index is 12.6. The molecule has 25 heavy (non-hydrogen) atoms. The molecule has 0 radical (unpaired) electrons. The molecule has 1 aliphatic heterocycles. The van der Waals surface area contributed by atoms with Crippen LogP contribution in [-0.2, 0) is 23.1 Å². The molecule has 132 valence electrons. The number of aryl methyl sites for hydroxylation is 1. The summed E-state index contributed by atoms with van der Waals surface area (Å²) >= 11 is 0. The van der Waals surface area contributed by atoms with Crippen LogP contribution in [0.4, 0.5) is 0 Å². The van der Waals surface area contributed by atoms with Gasteiger partial charge in [0.05, 0.1) is 25.6 Å². The highest BCUT2D eigenvalue weighted by Gasteiger charge is 2.39. The maximum atomic E-state index is 12.6. The summed E-state index contributed by atoms with van der Waals surface area (Å²) in [7, 11) is 3.43. The number of amides is 2. The molecule has 7 heteroatoms. The SMILES string of the molecule is COc1ccc(CC(=O)N2C[C@H](C(N)=O)[C@@H](c3cnn(C)c3)C2)cc1. The number of benzene rings is 1. The van der Waals surface area contributed by atoms with Crippen molar-refractivity contribution in [2.24, 2.45) is 18.7 Å². The van der Waals surface area contributed by atoms with Crippen LogP contribution in [0.3, 0.4) is 0 Å². The maximum Gasteiger partial charge on any atom is 0.227 e. The summed E-state index contributed by atoms with van der Waals surface area (Å²) in [5.41, 5.74) is 7.41. The van der Waals surface area contributed by atoms with E-state index in [-0.39, 0.29) is 30.1 Å². The second kappa shape index (κ2) is 6.96. The van der Waals surface area contributed by atoms with Crippen LogP contribution in [0.1, 0.15) is 17.0 Å². The van der Waals surface area contributed by atoms with Crippen LogP contribution < -0.4 is 10.5 Å². The molecule has 3 rings (SSSR count). The number of ether oxygens (including phenoxy) is 1. The van der Waals surface area contributed by atoms with E-state index in [1.54, 1.807) is 22.9 Å². The normalized spacial score (nSPS) is 19.8. The van der Waals surface area contributed by atoms with Crippen molar-refractivity contribution in [3.63, 3.8) is 0 Å². The molecule has 0 bridgehead atoms. The highest BCUT2D eigenvalue weighted by atomic mass is 16.5. The molecule has 1 aromatic carbocycles. The summed E-state index contributed by atoms with van der Waals surface area (Å²) in [4.78, 5) is 26.2. The van der Waals surface area contributed by atoms with Gasteiger partial charge in [-0.3, -0.25) is 14.3 Å². The lowest BCUT2D eigenvalue weighted by molar-refractivity contribution is -0.129. The van der Waals surface area contributed by atoms with Crippen molar-refractivity contribution in [1.82, 2.24) is 14.7 Å². The van der Waals surface area contributed by atoms with Gasteiger partial charge in [-0.1, -0.05) is 12.1 Å². The van der Waals surface area contributed by atoms with Crippen LogP contribution in [0.5, 0.6) is 5.75 Å². The van der Waals surface area contributed by atoms with Crippen LogP contribution in [0, 0.1) is 5.92 Å². The zero-order chi connectivity index (χ0) is 18.0. The van der Waals surface area contributed by atoms with E-state index in [1.807, 2.05) is 37.5 Å². The van der Waals surface area contributed by atoms with Crippen LogP contribution in [-0.4, -0.2) is 46.7 Å². The van der Waals surface area contributed by atoms with Crippen molar-refractivity contribution in [1.29, 1.82) is 0 Å². The minimum Gasteiger partial charge on any atom is -0.497 e. The number of hydrogen-bond donors (Lipinski definition) is 1.